The summed E-state index contributed by atoms with van der Waals surface area (Å²) < 4.78 is 0. The minimum atomic E-state index is 0.721. The van der Waals surface area contributed by atoms with E-state index in [4.69, 9.17) is 0 Å². The topological polar surface area (TPSA) is 12.0 Å². The maximum Gasteiger partial charge on any atom is 0.00671 e. The van der Waals surface area contributed by atoms with Crippen LogP contribution in [0.3, 0.4) is 0 Å². The first-order valence-corrected chi connectivity index (χ1v) is 5.63. The standard InChI is InChI=1S/C13H19N/c1-11(13-7-8-13)14-10-9-12-5-3-2-4-6-12/h2-6,11,13-14H,7-10H2,1H3/t11-/m0/s1. The molecule has 14 heavy (non-hydrogen) atoms. The van der Waals surface area contributed by atoms with Crippen molar-refractivity contribution in [2.24, 2.45) is 5.92 Å². The molecule has 0 aromatic heterocycles. The fraction of sp³-hybridized carbons (Fsp3) is 0.538. The summed E-state index contributed by atoms with van der Waals surface area (Å²) in [7, 11) is 0. The van der Waals surface area contributed by atoms with Crippen LogP contribution in [-0.4, -0.2) is 12.6 Å². The lowest BCUT2D eigenvalue weighted by Gasteiger charge is -2.12. The zero-order valence-corrected chi connectivity index (χ0v) is 8.87. The van der Waals surface area contributed by atoms with Crippen LogP contribution >= 0.6 is 0 Å². The summed E-state index contributed by atoms with van der Waals surface area (Å²) in [6.45, 7) is 3.42. The van der Waals surface area contributed by atoms with Crippen LogP contribution in [0.5, 0.6) is 0 Å². The van der Waals surface area contributed by atoms with Crippen molar-refractivity contribution in [3.63, 3.8) is 0 Å². The molecule has 1 nitrogen and oxygen atoms in total. The summed E-state index contributed by atoms with van der Waals surface area (Å²) in [5.74, 6) is 0.964. The molecule has 0 bridgehead atoms. The Balaban J connectivity index is 1.67. The molecule has 1 aromatic rings. The number of rotatable bonds is 5. The average molecular weight is 189 g/mol. The van der Waals surface area contributed by atoms with Crippen molar-refractivity contribution in [1.29, 1.82) is 0 Å². The summed E-state index contributed by atoms with van der Waals surface area (Å²) in [4.78, 5) is 0. The van der Waals surface area contributed by atoms with Gasteiger partial charge in [0, 0.05) is 6.04 Å². The molecule has 0 spiro atoms. The second-order valence-corrected chi connectivity index (χ2v) is 4.32. The minimum absolute atomic E-state index is 0.721. The quantitative estimate of drug-likeness (QED) is 0.750. The molecule has 1 N–H and O–H groups in total. The van der Waals surface area contributed by atoms with Crippen LogP contribution in [0.2, 0.25) is 0 Å². The van der Waals surface area contributed by atoms with Gasteiger partial charge in [0.15, 0.2) is 0 Å². The molecular weight excluding hydrogens is 170 g/mol. The van der Waals surface area contributed by atoms with Crippen molar-refractivity contribution in [3.8, 4) is 0 Å². The highest BCUT2D eigenvalue weighted by Crippen LogP contribution is 2.32. The molecule has 0 unspecified atom stereocenters. The van der Waals surface area contributed by atoms with Crippen LogP contribution in [0.1, 0.15) is 25.3 Å². The molecular formula is C13H19N. The van der Waals surface area contributed by atoms with E-state index in [-0.39, 0.29) is 0 Å². The monoisotopic (exact) mass is 189 g/mol. The Morgan fingerprint density at radius 2 is 2.00 bits per heavy atom. The largest absolute Gasteiger partial charge is 0.314 e. The van der Waals surface area contributed by atoms with Crippen molar-refractivity contribution in [2.45, 2.75) is 32.2 Å². The molecule has 0 saturated heterocycles. The fourth-order valence-electron chi connectivity index (χ4n) is 1.85. The third-order valence-corrected chi connectivity index (χ3v) is 3.05. The third kappa shape index (κ3) is 2.85. The van der Waals surface area contributed by atoms with Gasteiger partial charge in [-0.05, 0) is 44.2 Å². The Morgan fingerprint density at radius 1 is 1.29 bits per heavy atom. The minimum Gasteiger partial charge on any atom is -0.314 e. The van der Waals surface area contributed by atoms with Gasteiger partial charge in [0.1, 0.15) is 0 Å². The number of nitrogens with one attached hydrogen (secondary N) is 1. The van der Waals surface area contributed by atoms with Crippen LogP contribution < -0.4 is 5.32 Å². The zero-order valence-electron chi connectivity index (χ0n) is 8.87. The van der Waals surface area contributed by atoms with Gasteiger partial charge in [-0.2, -0.15) is 0 Å². The van der Waals surface area contributed by atoms with Gasteiger partial charge in [-0.1, -0.05) is 30.3 Å². The van der Waals surface area contributed by atoms with Gasteiger partial charge in [-0.25, -0.2) is 0 Å². The first-order chi connectivity index (χ1) is 6.86. The molecule has 76 valence electrons. The molecule has 1 saturated carbocycles. The highest BCUT2D eigenvalue weighted by molar-refractivity contribution is 5.14. The van der Waals surface area contributed by atoms with E-state index in [2.05, 4.69) is 42.6 Å². The van der Waals surface area contributed by atoms with Crippen molar-refractivity contribution < 1.29 is 0 Å². The van der Waals surface area contributed by atoms with Crippen LogP contribution in [0.15, 0.2) is 30.3 Å². The lowest BCUT2D eigenvalue weighted by Crippen LogP contribution is -2.29. The molecule has 0 radical (unpaired) electrons. The van der Waals surface area contributed by atoms with Crippen molar-refractivity contribution in [1.82, 2.24) is 5.32 Å². The fourth-order valence-corrected chi connectivity index (χ4v) is 1.85. The first kappa shape index (κ1) is 9.72. The van der Waals surface area contributed by atoms with Crippen molar-refractivity contribution in [2.75, 3.05) is 6.54 Å². The average Bonchev–Trinajstić information content (AvgIpc) is 3.02. The molecule has 1 atom stereocenters. The van der Waals surface area contributed by atoms with E-state index in [0.29, 0.717) is 0 Å². The van der Waals surface area contributed by atoms with Gasteiger partial charge in [0.2, 0.25) is 0 Å². The SMILES string of the molecule is C[C@H](NCCc1ccccc1)C1CC1. The molecule has 1 heteroatoms. The molecule has 1 fully saturated rings. The summed E-state index contributed by atoms with van der Waals surface area (Å²) in [5.41, 5.74) is 1.43. The lowest BCUT2D eigenvalue weighted by atomic mass is 10.1. The Morgan fingerprint density at radius 3 is 2.64 bits per heavy atom. The predicted molar refractivity (Wildman–Crippen MR) is 60.3 cm³/mol. The summed E-state index contributed by atoms with van der Waals surface area (Å²) in [6.07, 6.45) is 4.01. The predicted octanol–water partition coefficient (Wildman–Crippen LogP) is 2.62. The summed E-state index contributed by atoms with van der Waals surface area (Å²) in [6, 6.07) is 11.4. The van der Waals surface area contributed by atoms with Crippen LogP contribution in [-0.2, 0) is 6.42 Å². The molecule has 1 aliphatic rings. The summed E-state index contributed by atoms with van der Waals surface area (Å²) >= 11 is 0. The summed E-state index contributed by atoms with van der Waals surface area (Å²) in [5, 5.41) is 3.59. The maximum absolute atomic E-state index is 3.59. The number of hydrogen-bond donors (Lipinski definition) is 1. The Labute approximate surface area is 86.5 Å². The van der Waals surface area contributed by atoms with Gasteiger partial charge in [0.25, 0.3) is 0 Å². The second kappa shape index (κ2) is 4.61. The van der Waals surface area contributed by atoms with Crippen LogP contribution in [0, 0.1) is 5.92 Å². The van der Waals surface area contributed by atoms with E-state index in [1.54, 1.807) is 0 Å². The van der Waals surface area contributed by atoms with Gasteiger partial charge in [-0.15, -0.1) is 0 Å². The van der Waals surface area contributed by atoms with Crippen molar-refractivity contribution in [3.05, 3.63) is 35.9 Å². The highest BCUT2D eigenvalue weighted by atomic mass is 14.9. The number of hydrogen-bond acceptors (Lipinski definition) is 1. The van der Waals surface area contributed by atoms with Gasteiger partial charge < -0.3 is 5.32 Å². The second-order valence-electron chi connectivity index (χ2n) is 4.32. The van der Waals surface area contributed by atoms with E-state index < -0.39 is 0 Å². The maximum atomic E-state index is 3.59. The number of benzene rings is 1. The van der Waals surface area contributed by atoms with Crippen molar-refractivity contribution >= 4 is 0 Å². The van der Waals surface area contributed by atoms with Gasteiger partial charge in [-0.3, -0.25) is 0 Å². The Bertz CT molecular complexity index is 264. The smallest absolute Gasteiger partial charge is 0.00671 e. The molecule has 2 rings (SSSR count). The van der Waals surface area contributed by atoms with E-state index in [9.17, 15) is 0 Å². The molecule has 0 aliphatic heterocycles. The lowest BCUT2D eigenvalue weighted by molar-refractivity contribution is 0.500. The zero-order chi connectivity index (χ0) is 9.80. The van der Waals surface area contributed by atoms with Crippen LogP contribution in [0.4, 0.5) is 0 Å². The van der Waals surface area contributed by atoms with E-state index in [0.717, 1.165) is 24.9 Å². The van der Waals surface area contributed by atoms with E-state index in [1.807, 2.05) is 0 Å². The molecule has 0 amide bonds. The van der Waals surface area contributed by atoms with Crippen LogP contribution in [0.25, 0.3) is 0 Å². The molecule has 1 aliphatic carbocycles. The normalized spacial score (nSPS) is 18.1. The Kier molecular flexibility index (Phi) is 3.20. The van der Waals surface area contributed by atoms with Gasteiger partial charge >= 0.3 is 0 Å². The van der Waals surface area contributed by atoms with Gasteiger partial charge in [0.05, 0.1) is 0 Å². The van der Waals surface area contributed by atoms with E-state index in [1.165, 1.54) is 18.4 Å². The Hall–Kier alpha value is -0.820. The highest BCUT2D eigenvalue weighted by Gasteiger charge is 2.26. The first-order valence-electron chi connectivity index (χ1n) is 5.63. The van der Waals surface area contributed by atoms with E-state index >= 15 is 0 Å². The third-order valence-electron chi connectivity index (χ3n) is 3.05. The molecule has 0 heterocycles. The molecule has 1 aromatic carbocycles.